The molecule has 2 aromatic rings. The quantitative estimate of drug-likeness (QED) is 0.799. The maximum absolute atomic E-state index is 11.6. The number of methoxy groups -OCH3 is 1. The average Bonchev–Trinajstić information content (AvgIpc) is 2.95. The smallest absolute Gasteiger partial charge is 0.305 e. The van der Waals surface area contributed by atoms with Gasteiger partial charge in [-0.3, -0.25) is 9.78 Å². The van der Waals surface area contributed by atoms with E-state index in [1.807, 2.05) is 12.1 Å². The largest absolute Gasteiger partial charge is 0.469 e. The van der Waals surface area contributed by atoms with E-state index in [1.54, 1.807) is 0 Å². The highest BCUT2D eigenvalue weighted by molar-refractivity contribution is 5.82. The molecule has 0 aliphatic heterocycles. The van der Waals surface area contributed by atoms with Crippen LogP contribution in [0.1, 0.15) is 42.9 Å². The van der Waals surface area contributed by atoms with Gasteiger partial charge in [0.25, 0.3) is 0 Å². The second kappa shape index (κ2) is 5.84. The summed E-state index contributed by atoms with van der Waals surface area (Å²) in [6, 6.07) is 10.5. The Morgan fingerprint density at radius 3 is 2.95 bits per heavy atom. The zero-order valence-electron chi connectivity index (χ0n) is 12.6. The molecule has 0 amide bonds. The van der Waals surface area contributed by atoms with Crippen molar-refractivity contribution in [3.8, 4) is 0 Å². The van der Waals surface area contributed by atoms with Crippen molar-refractivity contribution < 1.29 is 9.53 Å². The van der Waals surface area contributed by atoms with Gasteiger partial charge >= 0.3 is 5.97 Å². The zero-order chi connectivity index (χ0) is 14.8. The lowest BCUT2D eigenvalue weighted by Crippen LogP contribution is -2.14. The first-order chi connectivity index (χ1) is 10.2. The third-order valence-electron chi connectivity index (χ3n) is 4.64. The summed E-state index contributed by atoms with van der Waals surface area (Å²) in [5.74, 6) is 0.641. The molecule has 3 nitrogen and oxygen atoms in total. The Morgan fingerprint density at radius 2 is 2.14 bits per heavy atom. The highest BCUT2D eigenvalue weighted by atomic mass is 16.5. The van der Waals surface area contributed by atoms with Gasteiger partial charge < -0.3 is 4.74 Å². The van der Waals surface area contributed by atoms with Crippen molar-refractivity contribution in [1.29, 1.82) is 0 Å². The molecule has 1 aliphatic rings. The van der Waals surface area contributed by atoms with Gasteiger partial charge in [-0.25, -0.2) is 0 Å². The summed E-state index contributed by atoms with van der Waals surface area (Å²) >= 11 is 0. The van der Waals surface area contributed by atoms with E-state index in [0.717, 1.165) is 24.1 Å². The van der Waals surface area contributed by atoms with Gasteiger partial charge in [0.2, 0.25) is 0 Å². The van der Waals surface area contributed by atoms with E-state index in [1.165, 1.54) is 24.5 Å². The van der Waals surface area contributed by atoms with Gasteiger partial charge in [0.05, 0.1) is 12.6 Å². The van der Waals surface area contributed by atoms with Gasteiger partial charge in [-0.05, 0) is 43.4 Å². The van der Waals surface area contributed by atoms with Gasteiger partial charge in [-0.15, -0.1) is 0 Å². The maximum Gasteiger partial charge on any atom is 0.305 e. The van der Waals surface area contributed by atoms with E-state index in [-0.39, 0.29) is 5.97 Å². The molecule has 3 rings (SSSR count). The number of carbonyl (C=O) groups excluding carboxylic acids is 1. The summed E-state index contributed by atoms with van der Waals surface area (Å²) in [6.45, 7) is 2.14. The van der Waals surface area contributed by atoms with Crippen LogP contribution in [-0.4, -0.2) is 18.1 Å². The van der Waals surface area contributed by atoms with Crippen molar-refractivity contribution in [1.82, 2.24) is 4.98 Å². The van der Waals surface area contributed by atoms with Crippen LogP contribution >= 0.6 is 0 Å². The van der Waals surface area contributed by atoms with Crippen LogP contribution in [0.4, 0.5) is 0 Å². The van der Waals surface area contributed by atoms with Gasteiger partial charge in [0.1, 0.15) is 0 Å². The van der Waals surface area contributed by atoms with Gasteiger partial charge in [0.15, 0.2) is 0 Å². The fraction of sp³-hybridized carbons (Fsp3) is 0.444. The van der Waals surface area contributed by atoms with Gasteiger partial charge in [0, 0.05) is 23.4 Å². The summed E-state index contributed by atoms with van der Waals surface area (Å²) in [4.78, 5) is 16.4. The molecule has 1 fully saturated rings. The molecule has 1 saturated carbocycles. The minimum atomic E-state index is -0.107. The van der Waals surface area contributed by atoms with E-state index < -0.39 is 0 Å². The molecule has 1 aromatic carbocycles. The lowest BCUT2D eigenvalue weighted by Gasteiger charge is -2.19. The predicted molar refractivity (Wildman–Crippen MR) is 83.2 cm³/mol. The standard InChI is InChI=1S/C18H21NO2/c1-12-10-17(19-16-9-4-3-7-14(12)16)15-8-5-6-13(15)11-18(20)21-2/h3-4,7,9-10,13,15H,5-6,8,11H2,1-2H3/t13-,15+/m1/s1. The fourth-order valence-corrected chi connectivity index (χ4v) is 3.53. The lowest BCUT2D eigenvalue weighted by atomic mass is 9.89. The minimum absolute atomic E-state index is 0.107. The normalized spacial score (nSPS) is 21.6. The van der Waals surface area contributed by atoms with Crippen LogP contribution in [-0.2, 0) is 9.53 Å². The number of ether oxygens (including phenoxy) is 1. The molecular formula is C18H21NO2. The Kier molecular flexibility index (Phi) is 3.91. The number of hydrogen-bond donors (Lipinski definition) is 0. The molecule has 2 atom stereocenters. The number of pyridine rings is 1. The molecule has 0 bridgehead atoms. The van der Waals surface area contributed by atoms with E-state index in [2.05, 4.69) is 25.1 Å². The summed E-state index contributed by atoms with van der Waals surface area (Å²) < 4.78 is 4.83. The van der Waals surface area contributed by atoms with Gasteiger partial charge in [-0.2, -0.15) is 0 Å². The number of para-hydroxylation sites is 1. The van der Waals surface area contributed by atoms with Gasteiger partial charge in [-0.1, -0.05) is 24.6 Å². The Labute approximate surface area is 125 Å². The van der Waals surface area contributed by atoms with Crippen molar-refractivity contribution in [2.45, 2.75) is 38.5 Å². The first-order valence-electron chi connectivity index (χ1n) is 7.62. The minimum Gasteiger partial charge on any atom is -0.469 e. The number of nitrogens with zero attached hydrogens (tertiary/aromatic N) is 1. The second-order valence-corrected chi connectivity index (χ2v) is 5.96. The Bertz CT molecular complexity index is 665. The maximum atomic E-state index is 11.6. The number of rotatable bonds is 3. The van der Waals surface area contributed by atoms with Crippen molar-refractivity contribution in [3.05, 3.63) is 41.6 Å². The topological polar surface area (TPSA) is 39.2 Å². The van der Waals surface area contributed by atoms with Crippen LogP contribution in [0.3, 0.4) is 0 Å². The Hall–Kier alpha value is -1.90. The number of esters is 1. The highest BCUT2D eigenvalue weighted by Crippen LogP contribution is 2.41. The number of aromatic nitrogens is 1. The number of hydrogen-bond acceptors (Lipinski definition) is 3. The fourth-order valence-electron chi connectivity index (χ4n) is 3.53. The molecule has 0 spiro atoms. The molecule has 0 saturated heterocycles. The third kappa shape index (κ3) is 2.78. The first-order valence-corrected chi connectivity index (χ1v) is 7.62. The molecule has 1 aliphatic carbocycles. The third-order valence-corrected chi connectivity index (χ3v) is 4.64. The number of carbonyl (C=O) groups is 1. The Balaban J connectivity index is 1.93. The molecular weight excluding hydrogens is 262 g/mol. The summed E-state index contributed by atoms with van der Waals surface area (Å²) in [6.07, 6.45) is 3.88. The van der Waals surface area contributed by atoms with Crippen molar-refractivity contribution in [3.63, 3.8) is 0 Å². The van der Waals surface area contributed by atoms with Crippen molar-refractivity contribution in [2.75, 3.05) is 7.11 Å². The molecule has 110 valence electrons. The van der Waals surface area contributed by atoms with Crippen LogP contribution in [0, 0.1) is 12.8 Å². The van der Waals surface area contributed by atoms with Crippen LogP contribution in [0.15, 0.2) is 30.3 Å². The van der Waals surface area contributed by atoms with E-state index in [9.17, 15) is 4.79 Å². The zero-order valence-corrected chi connectivity index (χ0v) is 12.6. The van der Waals surface area contributed by atoms with Crippen LogP contribution in [0.5, 0.6) is 0 Å². The molecule has 0 unspecified atom stereocenters. The number of benzene rings is 1. The molecule has 0 radical (unpaired) electrons. The van der Waals surface area contributed by atoms with Crippen LogP contribution in [0.25, 0.3) is 10.9 Å². The van der Waals surface area contributed by atoms with Crippen molar-refractivity contribution in [2.24, 2.45) is 5.92 Å². The highest BCUT2D eigenvalue weighted by Gasteiger charge is 2.31. The SMILES string of the molecule is COC(=O)C[C@H]1CCC[C@@H]1c1cc(C)c2ccccc2n1. The average molecular weight is 283 g/mol. The summed E-state index contributed by atoms with van der Waals surface area (Å²) in [5.41, 5.74) is 3.45. The number of aryl methyl sites for hydroxylation is 1. The summed E-state index contributed by atoms with van der Waals surface area (Å²) in [5, 5.41) is 1.21. The molecule has 0 N–H and O–H groups in total. The molecule has 1 aromatic heterocycles. The van der Waals surface area contributed by atoms with Crippen LogP contribution < -0.4 is 0 Å². The molecule has 21 heavy (non-hydrogen) atoms. The van der Waals surface area contributed by atoms with Crippen LogP contribution in [0.2, 0.25) is 0 Å². The van der Waals surface area contributed by atoms with E-state index in [4.69, 9.17) is 9.72 Å². The monoisotopic (exact) mass is 283 g/mol. The number of fused-ring (bicyclic) bond motifs is 1. The summed E-state index contributed by atoms with van der Waals surface area (Å²) in [7, 11) is 1.46. The lowest BCUT2D eigenvalue weighted by molar-refractivity contribution is -0.141. The van der Waals surface area contributed by atoms with E-state index >= 15 is 0 Å². The van der Waals surface area contributed by atoms with Crippen molar-refractivity contribution >= 4 is 16.9 Å². The second-order valence-electron chi connectivity index (χ2n) is 5.96. The predicted octanol–water partition coefficient (Wildman–Crippen LogP) is 3.99. The Morgan fingerprint density at radius 1 is 1.33 bits per heavy atom. The first kappa shape index (κ1) is 14.1. The molecule has 1 heterocycles. The van der Waals surface area contributed by atoms with E-state index in [0.29, 0.717) is 18.3 Å². The molecule has 3 heteroatoms.